The molecule has 1 aromatic rings. The lowest BCUT2D eigenvalue weighted by molar-refractivity contribution is -0.131. The van der Waals surface area contributed by atoms with Gasteiger partial charge in [0.05, 0.1) is 12.7 Å². The van der Waals surface area contributed by atoms with Crippen molar-refractivity contribution >= 4 is 15.9 Å². The van der Waals surface area contributed by atoms with Crippen LogP contribution in [0.1, 0.15) is 30.9 Å². The van der Waals surface area contributed by atoms with E-state index in [9.17, 15) is 13.2 Å². The van der Waals surface area contributed by atoms with Gasteiger partial charge in [0.15, 0.2) is 0 Å². The van der Waals surface area contributed by atoms with Gasteiger partial charge in [-0.05, 0) is 17.0 Å². The highest BCUT2D eigenvalue weighted by Gasteiger charge is 2.25. The molecule has 0 spiro atoms. The zero-order valence-electron chi connectivity index (χ0n) is 13.4. The van der Waals surface area contributed by atoms with Crippen LogP contribution in [0.15, 0.2) is 24.3 Å². The Labute approximate surface area is 133 Å². The summed E-state index contributed by atoms with van der Waals surface area (Å²) >= 11 is 0. The molecule has 2 rings (SSSR count). The number of nitrogens with zero attached hydrogens (tertiary/aromatic N) is 2. The van der Waals surface area contributed by atoms with Gasteiger partial charge in [0.2, 0.25) is 15.9 Å². The summed E-state index contributed by atoms with van der Waals surface area (Å²) in [5.41, 5.74) is 2.26. The van der Waals surface area contributed by atoms with Gasteiger partial charge in [-0.25, -0.2) is 8.42 Å². The minimum atomic E-state index is -3.15. The molecule has 1 fully saturated rings. The molecule has 122 valence electrons. The summed E-state index contributed by atoms with van der Waals surface area (Å²) in [4.78, 5) is 14.0. The molecule has 0 atom stereocenters. The van der Waals surface area contributed by atoms with Crippen molar-refractivity contribution in [2.75, 3.05) is 32.4 Å². The van der Waals surface area contributed by atoms with E-state index in [0.717, 1.165) is 5.56 Å². The summed E-state index contributed by atoms with van der Waals surface area (Å²) < 4.78 is 24.4. The molecule has 0 saturated carbocycles. The molecule has 1 aromatic carbocycles. The number of sulfonamides is 1. The van der Waals surface area contributed by atoms with Gasteiger partial charge in [0, 0.05) is 26.2 Å². The highest BCUT2D eigenvalue weighted by molar-refractivity contribution is 7.88. The van der Waals surface area contributed by atoms with Crippen LogP contribution in [-0.2, 0) is 21.2 Å². The second-order valence-electron chi connectivity index (χ2n) is 6.12. The maximum atomic E-state index is 12.3. The van der Waals surface area contributed by atoms with E-state index in [2.05, 4.69) is 26.0 Å². The first-order valence-electron chi connectivity index (χ1n) is 7.59. The van der Waals surface area contributed by atoms with Crippen molar-refractivity contribution in [2.24, 2.45) is 0 Å². The lowest BCUT2D eigenvalue weighted by Gasteiger charge is -2.33. The highest BCUT2D eigenvalue weighted by Crippen LogP contribution is 2.16. The largest absolute Gasteiger partial charge is 0.340 e. The van der Waals surface area contributed by atoms with Crippen LogP contribution in [0, 0.1) is 0 Å². The maximum Gasteiger partial charge on any atom is 0.227 e. The lowest BCUT2D eigenvalue weighted by atomic mass is 10.0. The molecule has 0 radical (unpaired) electrons. The van der Waals surface area contributed by atoms with Gasteiger partial charge in [-0.2, -0.15) is 4.31 Å². The molecule has 0 aromatic heterocycles. The summed E-state index contributed by atoms with van der Waals surface area (Å²) in [6.45, 7) is 5.99. The summed E-state index contributed by atoms with van der Waals surface area (Å²) in [6, 6.07) is 8.13. The minimum Gasteiger partial charge on any atom is -0.340 e. The van der Waals surface area contributed by atoms with Crippen LogP contribution in [-0.4, -0.2) is 56.0 Å². The molecule has 22 heavy (non-hydrogen) atoms. The van der Waals surface area contributed by atoms with Crippen molar-refractivity contribution < 1.29 is 13.2 Å². The number of rotatable bonds is 4. The second kappa shape index (κ2) is 6.79. The first-order valence-corrected chi connectivity index (χ1v) is 9.44. The van der Waals surface area contributed by atoms with Crippen LogP contribution in [0.25, 0.3) is 0 Å². The predicted molar refractivity (Wildman–Crippen MR) is 87.2 cm³/mol. The smallest absolute Gasteiger partial charge is 0.227 e. The van der Waals surface area contributed by atoms with Gasteiger partial charge in [-0.1, -0.05) is 38.1 Å². The van der Waals surface area contributed by atoms with E-state index in [1.165, 1.54) is 16.1 Å². The number of benzene rings is 1. The predicted octanol–water partition coefficient (Wildman–Crippen LogP) is 1.46. The fraction of sp³-hybridized carbons (Fsp3) is 0.562. The quantitative estimate of drug-likeness (QED) is 0.842. The average molecular weight is 324 g/mol. The third kappa shape index (κ3) is 4.30. The van der Waals surface area contributed by atoms with Crippen molar-refractivity contribution in [1.29, 1.82) is 0 Å². The Hall–Kier alpha value is -1.40. The van der Waals surface area contributed by atoms with Gasteiger partial charge in [0.25, 0.3) is 0 Å². The molecule has 1 aliphatic heterocycles. The normalized spacial score (nSPS) is 17.0. The van der Waals surface area contributed by atoms with Gasteiger partial charge in [-0.3, -0.25) is 4.79 Å². The Morgan fingerprint density at radius 2 is 1.64 bits per heavy atom. The molecule has 5 nitrogen and oxygen atoms in total. The zero-order valence-corrected chi connectivity index (χ0v) is 14.3. The third-order valence-corrected chi connectivity index (χ3v) is 5.37. The van der Waals surface area contributed by atoms with Crippen LogP contribution in [0.3, 0.4) is 0 Å². The van der Waals surface area contributed by atoms with E-state index in [4.69, 9.17) is 0 Å². The van der Waals surface area contributed by atoms with Crippen LogP contribution in [0.2, 0.25) is 0 Å². The average Bonchev–Trinajstić information content (AvgIpc) is 2.47. The van der Waals surface area contributed by atoms with Crippen LogP contribution < -0.4 is 0 Å². The number of hydrogen-bond donors (Lipinski definition) is 0. The first-order chi connectivity index (χ1) is 10.3. The van der Waals surface area contributed by atoms with Crippen molar-refractivity contribution in [2.45, 2.75) is 26.2 Å². The highest BCUT2D eigenvalue weighted by atomic mass is 32.2. The molecule has 0 N–H and O–H groups in total. The standard InChI is InChI=1S/C16H24N2O3S/c1-13(2)15-6-4-14(5-7-15)12-16(19)17-8-10-18(11-9-17)22(3,20)21/h4-7,13H,8-12H2,1-3H3. The molecule has 1 heterocycles. The van der Waals surface area contributed by atoms with Gasteiger partial charge < -0.3 is 4.90 Å². The lowest BCUT2D eigenvalue weighted by Crippen LogP contribution is -2.50. The zero-order chi connectivity index (χ0) is 16.3. The fourth-order valence-corrected chi connectivity index (χ4v) is 3.40. The Morgan fingerprint density at radius 1 is 1.09 bits per heavy atom. The third-order valence-electron chi connectivity index (χ3n) is 4.06. The van der Waals surface area contributed by atoms with E-state index in [-0.39, 0.29) is 5.91 Å². The number of carbonyl (C=O) groups is 1. The molecular formula is C16H24N2O3S. The van der Waals surface area contributed by atoms with Crippen molar-refractivity contribution in [3.63, 3.8) is 0 Å². The minimum absolute atomic E-state index is 0.0606. The number of carbonyl (C=O) groups excluding carboxylic acids is 1. The van der Waals surface area contributed by atoms with E-state index in [0.29, 0.717) is 38.5 Å². The summed E-state index contributed by atoms with van der Waals surface area (Å²) in [5, 5.41) is 0. The Bertz CT molecular complexity index is 615. The Morgan fingerprint density at radius 3 is 2.09 bits per heavy atom. The SMILES string of the molecule is CC(C)c1ccc(CC(=O)N2CCN(S(C)(=O)=O)CC2)cc1. The Balaban J connectivity index is 1.91. The molecule has 0 unspecified atom stereocenters. The fourth-order valence-electron chi connectivity index (χ4n) is 2.58. The van der Waals surface area contributed by atoms with Crippen LogP contribution in [0.4, 0.5) is 0 Å². The monoisotopic (exact) mass is 324 g/mol. The van der Waals surface area contributed by atoms with E-state index < -0.39 is 10.0 Å². The van der Waals surface area contributed by atoms with Crippen LogP contribution >= 0.6 is 0 Å². The second-order valence-corrected chi connectivity index (χ2v) is 8.10. The number of amides is 1. The molecule has 0 bridgehead atoms. The topological polar surface area (TPSA) is 57.7 Å². The van der Waals surface area contributed by atoms with Gasteiger partial charge in [-0.15, -0.1) is 0 Å². The van der Waals surface area contributed by atoms with Crippen molar-refractivity contribution in [3.05, 3.63) is 35.4 Å². The van der Waals surface area contributed by atoms with E-state index in [1.54, 1.807) is 4.90 Å². The summed E-state index contributed by atoms with van der Waals surface area (Å²) in [7, 11) is -3.15. The summed E-state index contributed by atoms with van der Waals surface area (Å²) in [5.74, 6) is 0.541. The van der Waals surface area contributed by atoms with Crippen molar-refractivity contribution in [3.8, 4) is 0 Å². The van der Waals surface area contributed by atoms with Crippen molar-refractivity contribution in [1.82, 2.24) is 9.21 Å². The first kappa shape index (κ1) is 17.0. The molecule has 0 aliphatic carbocycles. The Kier molecular flexibility index (Phi) is 5.24. The maximum absolute atomic E-state index is 12.3. The number of hydrogen-bond acceptors (Lipinski definition) is 3. The molecule has 1 amide bonds. The number of piperazine rings is 1. The summed E-state index contributed by atoms with van der Waals surface area (Å²) in [6.07, 6.45) is 1.58. The van der Waals surface area contributed by atoms with Gasteiger partial charge in [0.1, 0.15) is 0 Å². The molecule has 6 heteroatoms. The van der Waals surface area contributed by atoms with Gasteiger partial charge >= 0.3 is 0 Å². The molecule has 1 aliphatic rings. The molecule has 1 saturated heterocycles. The van der Waals surface area contributed by atoms with Crippen LogP contribution in [0.5, 0.6) is 0 Å². The van der Waals surface area contributed by atoms with E-state index >= 15 is 0 Å². The van der Waals surface area contributed by atoms with E-state index in [1.807, 2.05) is 12.1 Å². The molecular weight excluding hydrogens is 300 g/mol.